The molecule has 1 aliphatic heterocycles. The zero-order chi connectivity index (χ0) is 16.7. The monoisotopic (exact) mass is 319 g/mol. The summed E-state index contributed by atoms with van der Waals surface area (Å²) < 4.78 is 5.48. The lowest BCUT2D eigenvalue weighted by Gasteiger charge is -2.22. The maximum absolute atomic E-state index is 12.2. The SMILES string of the molecule is CCOCc1ccccc1CNC(=O)CN1CCC(C)(CN)C1. The predicted octanol–water partition coefficient (Wildman–Crippen LogP) is 1.51. The van der Waals surface area contributed by atoms with E-state index in [9.17, 15) is 4.79 Å². The molecule has 5 nitrogen and oxygen atoms in total. The molecule has 1 fully saturated rings. The van der Waals surface area contributed by atoms with Crippen LogP contribution in [0.5, 0.6) is 0 Å². The third kappa shape index (κ3) is 5.30. The van der Waals surface area contributed by atoms with Gasteiger partial charge in [0.05, 0.1) is 13.2 Å². The Hall–Kier alpha value is -1.43. The number of carbonyl (C=O) groups excluding carboxylic acids is 1. The summed E-state index contributed by atoms with van der Waals surface area (Å²) in [4.78, 5) is 14.4. The molecule has 0 spiro atoms. The van der Waals surface area contributed by atoms with Gasteiger partial charge in [-0.05, 0) is 43.0 Å². The van der Waals surface area contributed by atoms with Crippen molar-refractivity contribution in [1.29, 1.82) is 0 Å². The summed E-state index contributed by atoms with van der Waals surface area (Å²) in [6.07, 6.45) is 1.06. The molecule has 23 heavy (non-hydrogen) atoms. The van der Waals surface area contributed by atoms with Crippen molar-refractivity contribution < 1.29 is 9.53 Å². The third-order valence-corrected chi connectivity index (χ3v) is 4.55. The molecule has 0 radical (unpaired) electrons. The molecule has 1 aliphatic rings. The molecule has 3 N–H and O–H groups in total. The lowest BCUT2D eigenvalue weighted by Crippen LogP contribution is -2.38. The first-order valence-corrected chi connectivity index (χ1v) is 8.40. The zero-order valence-corrected chi connectivity index (χ0v) is 14.3. The molecule has 1 unspecified atom stereocenters. The van der Waals surface area contributed by atoms with E-state index in [0.29, 0.717) is 32.8 Å². The Morgan fingerprint density at radius 1 is 1.39 bits per heavy atom. The van der Waals surface area contributed by atoms with Crippen LogP contribution in [0.25, 0.3) is 0 Å². The summed E-state index contributed by atoms with van der Waals surface area (Å²) in [7, 11) is 0. The van der Waals surface area contributed by atoms with Gasteiger partial charge in [-0.3, -0.25) is 9.69 Å². The first-order chi connectivity index (χ1) is 11.1. The van der Waals surface area contributed by atoms with Crippen LogP contribution in [0, 0.1) is 5.41 Å². The van der Waals surface area contributed by atoms with Crippen LogP contribution in [0.1, 0.15) is 31.4 Å². The van der Waals surface area contributed by atoms with E-state index in [2.05, 4.69) is 17.1 Å². The Balaban J connectivity index is 1.81. The average molecular weight is 319 g/mol. The molecule has 0 bridgehead atoms. The summed E-state index contributed by atoms with van der Waals surface area (Å²) in [5, 5.41) is 3.02. The van der Waals surface area contributed by atoms with E-state index >= 15 is 0 Å². The number of nitrogens with one attached hydrogen (secondary N) is 1. The van der Waals surface area contributed by atoms with Crippen LogP contribution in [-0.2, 0) is 22.7 Å². The molecule has 1 amide bonds. The van der Waals surface area contributed by atoms with Gasteiger partial charge in [-0.15, -0.1) is 0 Å². The molecule has 0 saturated carbocycles. The number of nitrogens with two attached hydrogens (primary N) is 1. The molecule has 1 aromatic carbocycles. The minimum atomic E-state index is 0.0671. The Labute approximate surface area is 139 Å². The maximum Gasteiger partial charge on any atom is 0.234 e. The largest absolute Gasteiger partial charge is 0.377 e. The van der Waals surface area contributed by atoms with Crippen LogP contribution < -0.4 is 11.1 Å². The summed E-state index contributed by atoms with van der Waals surface area (Å²) in [5.74, 6) is 0.0671. The van der Waals surface area contributed by atoms with Crippen LogP contribution >= 0.6 is 0 Å². The van der Waals surface area contributed by atoms with E-state index in [4.69, 9.17) is 10.5 Å². The van der Waals surface area contributed by atoms with E-state index in [-0.39, 0.29) is 11.3 Å². The second-order valence-corrected chi connectivity index (χ2v) is 6.66. The number of nitrogens with zero attached hydrogens (tertiary/aromatic N) is 1. The zero-order valence-electron chi connectivity index (χ0n) is 14.3. The average Bonchev–Trinajstić information content (AvgIpc) is 2.93. The topological polar surface area (TPSA) is 67.6 Å². The number of benzene rings is 1. The molecule has 0 aliphatic carbocycles. The van der Waals surface area contributed by atoms with Crippen molar-refractivity contribution in [1.82, 2.24) is 10.2 Å². The van der Waals surface area contributed by atoms with E-state index < -0.39 is 0 Å². The summed E-state index contributed by atoms with van der Waals surface area (Å²) in [6.45, 7) is 8.96. The lowest BCUT2D eigenvalue weighted by atomic mass is 9.90. The fraction of sp³-hybridized carbons (Fsp3) is 0.611. The smallest absolute Gasteiger partial charge is 0.234 e. The number of hydrogen-bond acceptors (Lipinski definition) is 4. The van der Waals surface area contributed by atoms with Crippen molar-refractivity contribution in [2.45, 2.75) is 33.4 Å². The van der Waals surface area contributed by atoms with E-state index in [1.165, 1.54) is 0 Å². The minimum Gasteiger partial charge on any atom is -0.377 e. The standard InChI is InChI=1S/C18H29N3O2/c1-3-23-12-16-7-5-4-6-15(16)10-20-17(22)11-21-9-8-18(2,13-19)14-21/h4-7H,3,8-14,19H2,1-2H3,(H,20,22). The van der Waals surface area contributed by atoms with Crippen molar-refractivity contribution in [2.24, 2.45) is 11.1 Å². The van der Waals surface area contributed by atoms with Crippen LogP contribution in [0.4, 0.5) is 0 Å². The highest BCUT2D eigenvalue weighted by molar-refractivity contribution is 5.78. The molecule has 1 atom stereocenters. The van der Waals surface area contributed by atoms with Crippen molar-refractivity contribution in [3.05, 3.63) is 35.4 Å². The Morgan fingerprint density at radius 3 is 2.78 bits per heavy atom. The van der Waals surface area contributed by atoms with Crippen LogP contribution in [0.15, 0.2) is 24.3 Å². The van der Waals surface area contributed by atoms with Gasteiger partial charge in [0.1, 0.15) is 0 Å². The molecule has 128 valence electrons. The maximum atomic E-state index is 12.2. The molecular weight excluding hydrogens is 290 g/mol. The summed E-state index contributed by atoms with van der Waals surface area (Å²) in [5.41, 5.74) is 8.21. The fourth-order valence-electron chi connectivity index (χ4n) is 2.96. The van der Waals surface area contributed by atoms with Gasteiger partial charge in [0.2, 0.25) is 5.91 Å². The van der Waals surface area contributed by atoms with Crippen molar-refractivity contribution >= 4 is 5.91 Å². The number of rotatable bonds is 8. The van der Waals surface area contributed by atoms with Gasteiger partial charge in [0.25, 0.3) is 0 Å². The van der Waals surface area contributed by atoms with Gasteiger partial charge in [-0.25, -0.2) is 0 Å². The van der Waals surface area contributed by atoms with Crippen molar-refractivity contribution in [2.75, 3.05) is 32.8 Å². The number of hydrogen-bond donors (Lipinski definition) is 2. The van der Waals surface area contributed by atoms with Crippen molar-refractivity contribution in [3.8, 4) is 0 Å². The second kappa shape index (κ2) is 8.43. The molecule has 0 aromatic heterocycles. The van der Waals surface area contributed by atoms with Gasteiger partial charge < -0.3 is 15.8 Å². The van der Waals surface area contributed by atoms with E-state index in [0.717, 1.165) is 30.6 Å². The first-order valence-electron chi connectivity index (χ1n) is 8.40. The summed E-state index contributed by atoms with van der Waals surface area (Å²) >= 11 is 0. The Bertz CT molecular complexity index is 521. The quantitative estimate of drug-likeness (QED) is 0.762. The minimum absolute atomic E-state index is 0.0671. The molecule has 1 aromatic rings. The highest BCUT2D eigenvalue weighted by Crippen LogP contribution is 2.27. The number of likely N-dealkylation sites (tertiary alicyclic amines) is 1. The molecule has 1 saturated heterocycles. The van der Waals surface area contributed by atoms with Gasteiger partial charge >= 0.3 is 0 Å². The van der Waals surface area contributed by atoms with Gasteiger partial charge in [0.15, 0.2) is 0 Å². The highest BCUT2D eigenvalue weighted by Gasteiger charge is 2.32. The first kappa shape index (κ1) is 17.9. The van der Waals surface area contributed by atoms with Gasteiger partial charge in [-0.2, -0.15) is 0 Å². The van der Waals surface area contributed by atoms with Gasteiger partial charge in [-0.1, -0.05) is 31.2 Å². The van der Waals surface area contributed by atoms with E-state index in [1.54, 1.807) is 0 Å². The molecule has 5 heteroatoms. The van der Waals surface area contributed by atoms with Gasteiger partial charge in [0, 0.05) is 19.7 Å². The molecular formula is C18H29N3O2. The second-order valence-electron chi connectivity index (χ2n) is 6.66. The number of amides is 1. The Morgan fingerprint density at radius 2 is 2.13 bits per heavy atom. The van der Waals surface area contributed by atoms with Crippen LogP contribution in [0.3, 0.4) is 0 Å². The molecule has 2 rings (SSSR count). The lowest BCUT2D eigenvalue weighted by molar-refractivity contribution is -0.122. The number of carbonyl (C=O) groups is 1. The van der Waals surface area contributed by atoms with Crippen LogP contribution in [-0.4, -0.2) is 43.6 Å². The normalized spacial score (nSPS) is 21.5. The fourth-order valence-corrected chi connectivity index (χ4v) is 2.96. The third-order valence-electron chi connectivity index (χ3n) is 4.55. The van der Waals surface area contributed by atoms with Crippen molar-refractivity contribution in [3.63, 3.8) is 0 Å². The Kier molecular flexibility index (Phi) is 6.57. The van der Waals surface area contributed by atoms with E-state index in [1.807, 2.05) is 31.2 Å². The predicted molar refractivity (Wildman–Crippen MR) is 91.8 cm³/mol. The highest BCUT2D eigenvalue weighted by atomic mass is 16.5. The number of ether oxygens (including phenoxy) is 1. The van der Waals surface area contributed by atoms with Crippen LogP contribution in [0.2, 0.25) is 0 Å². The molecule has 1 heterocycles. The summed E-state index contributed by atoms with van der Waals surface area (Å²) in [6, 6.07) is 8.07.